The highest BCUT2D eigenvalue weighted by Crippen LogP contribution is 2.34. The Balaban J connectivity index is 1.60. The maximum atomic E-state index is 5.46. The maximum absolute atomic E-state index is 5.46. The van der Waals surface area contributed by atoms with Gasteiger partial charge in [0.25, 0.3) is 0 Å². The summed E-state index contributed by atoms with van der Waals surface area (Å²) in [6.45, 7) is 0.226. The van der Waals surface area contributed by atoms with Crippen molar-refractivity contribution < 1.29 is 9.47 Å². The number of ether oxygens (including phenoxy) is 2. The third kappa shape index (κ3) is 2.39. The molecule has 0 saturated heterocycles. The average Bonchev–Trinajstić information content (AvgIpc) is 3.41. The number of hydrogen-bond acceptors (Lipinski definition) is 5. The van der Waals surface area contributed by atoms with E-state index in [4.69, 9.17) is 21.7 Å². The van der Waals surface area contributed by atoms with E-state index in [-0.39, 0.29) is 6.79 Å². The van der Waals surface area contributed by atoms with E-state index in [0.717, 1.165) is 28.4 Å². The molecule has 0 saturated carbocycles. The van der Waals surface area contributed by atoms with E-state index >= 15 is 0 Å². The summed E-state index contributed by atoms with van der Waals surface area (Å²) in [7, 11) is 0. The molecule has 1 aliphatic rings. The number of H-pyrrole nitrogens is 2. The van der Waals surface area contributed by atoms with Crippen molar-refractivity contribution in [3.05, 3.63) is 59.4 Å². The Morgan fingerprint density at radius 2 is 1.77 bits per heavy atom. The fourth-order valence-corrected chi connectivity index (χ4v) is 3.17. The highest BCUT2D eigenvalue weighted by Gasteiger charge is 2.18. The van der Waals surface area contributed by atoms with E-state index in [1.54, 1.807) is 0 Å². The Labute approximate surface area is 153 Å². The van der Waals surface area contributed by atoms with Crippen LogP contribution in [0.5, 0.6) is 11.5 Å². The molecule has 8 heteroatoms. The minimum atomic E-state index is 0.226. The van der Waals surface area contributed by atoms with Crippen LogP contribution in [0.1, 0.15) is 0 Å². The molecule has 1 aliphatic heterocycles. The van der Waals surface area contributed by atoms with Crippen molar-refractivity contribution >= 4 is 12.2 Å². The second kappa shape index (κ2) is 5.85. The third-order valence-corrected chi connectivity index (χ3v) is 4.45. The summed E-state index contributed by atoms with van der Waals surface area (Å²) in [5, 5.41) is 14.6. The molecular weight excluding hydrogens is 350 g/mol. The zero-order valence-corrected chi connectivity index (χ0v) is 14.3. The molecule has 0 aliphatic carbocycles. The van der Waals surface area contributed by atoms with Crippen LogP contribution in [-0.4, -0.2) is 31.8 Å². The molecule has 5 rings (SSSR count). The summed E-state index contributed by atoms with van der Waals surface area (Å²) in [6.07, 6.45) is 0. The Kier molecular flexibility index (Phi) is 3.36. The van der Waals surface area contributed by atoms with Gasteiger partial charge >= 0.3 is 0 Å². The number of hydrogen-bond donors (Lipinski definition) is 2. The van der Waals surface area contributed by atoms with Crippen LogP contribution in [-0.2, 0) is 0 Å². The maximum Gasteiger partial charge on any atom is 0.231 e. The zero-order chi connectivity index (χ0) is 17.5. The van der Waals surface area contributed by atoms with Crippen molar-refractivity contribution in [1.82, 2.24) is 25.0 Å². The van der Waals surface area contributed by atoms with Gasteiger partial charge in [-0.15, -0.1) is 0 Å². The summed E-state index contributed by atoms with van der Waals surface area (Å²) >= 11 is 5.42. The van der Waals surface area contributed by atoms with Gasteiger partial charge in [-0.2, -0.15) is 10.2 Å². The van der Waals surface area contributed by atoms with Gasteiger partial charge in [-0.1, -0.05) is 30.3 Å². The summed E-state index contributed by atoms with van der Waals surface area (Å²) in [5.41, 5.74) is 3.46. The van der Waals surface area contributed by atoms with Gasteiger partial charge in [-0.3, -0.25) is 14.8 Å². The van der Waals surface area contributed by atoms with E-state index < -0.39 is 0 Å². The molecule has 2 aromatic heterocycles. The molecule has 0 amide bonds. The minimum Gasteiger partial charge on any atom is -0.454 e. The van der Waals surface area contributed by atoms with Gasteiger partial charge in [-0.25, -0.2) is 0 Å². The standard InChI is InChI=1S/C18H13N5O2S/c26-18-22-21-17(14-9-13(19-20-14)11-4-2-1-3-5-11)23(18)12-6-7-15-16(8-12)25-10-24-15/h1-9H,10H2,(H,19,20)(H,22,26). The molecule has 7 nitrogen and oxygen atoms in total. The molecule has 0 fully saturated rings. The summed E-state index contributed by atoms with van der Waals surface area (Å²) in [6, 6.07) is 17.6. The first-order valence-electron chi connectivity index (χ1n) is 7.98. The van der Waals surface area contributed by atoms with E-state index in [1.807, 2.05) is 59.2 Å². The predicted octanol–water partition coefficient (Wildman–Crippen LogP) is 3.72. The van der Waals surface area contributed by atoms with Gasteiger partial charge in [0, 0.05) is 11.6 Å². The Hall–Kier alpha value is -3.39. The zero-order valence-electron chi connectivity index (χ0n) is 13.5. The molecule has 0 radical (unpaired) electrons. The fraction of sp³-hybridized carbons (Fsp3) is 0.0556. The first kappa shape index (κ1) is 14.9. The molecule has 0 unspecified atom stereocenters. The number of aromatic nitrogens is 5. The molecule has 0 spiro atoms. The molecule has 0 atom stereocenters. The van der Waals surface area contributed by atoms with Crippen molar-refractivity contribution in [2.75, 3.05) is 6.79 Å². The topological polar surface area (TPSA) is 80.8 Å². The number of rotatable bonds is 3. The molecule has 4 aromatic rings. The van der Waals surface area contributed by atoms with Crippen LogP contribution in [0.3, 0.4) is 0 Å². The van der Waals surface area contributed by atoms with Crippen LogP contribution in [0.4, 0.5) is 0 Å². The molecule has 128 valence electrons. The van der Waals surface area contributed by atoms with E-state index in [0.29, 0.717) is 16.3 Å². The summed E-state index contributed by atoms with van der Waals surface area (Å²) in [4.78, 5) is 0. The number of benzene rings is 2. The molecule has 0 bridgehead atoms. The van der Waals surface area contributed by atoms with Crippen molar-refractivity contribution in [3.63, 3.8) is 0 Å². The lowest BCUT2D eigenvalue weighted by Gasteiger charge is -2.06. The van der Waals surface area contributed by atoms with Crippen LogP contribution >= 0.6 is 12.2 Å². The van der Waals surface area contributed by atoms with E-state index in [9.17, 15) is 0 Å². The van der Waals surface area contributed by atoms with Gasteiger partial charge < -0.3 is 9.47 Å². The highest BCUT2D eigenvalue weighted by atomic mass is 32.1. The van der Waals surface area contributed by atoms with Crippen LogP contribution in [0.15, 0.2) is 54.6 Å². The number of nitrogens with zero attached hydrogens (tertiary/aromatic N) is 3. The largest absolute Gasteiger partial charge is 0.454 e. The molecule has 2 aromatic carbocycles. The smallest absolute Gasteiger partial charge is 0.231 e. The van der Waals surface area contributed by atoms with Gasteiger partial charge in [0.2, 0.25) is 6.79 Å². The summed E-state index contributed by atoms with van der Waals surface area (Å²) in [5.74, 6) is 2.05. The number of aromatic amines is 2. The predicted molar refractivity (Wildman–Crippen MR) is 97.9 cm³/mol. The van der Waals surface area contributed by atoms with Crippen molar-refractivity contribution in [2.24, 2.45) is 0 Å². The lowest BCUT2D eigenvalue weighted by Crippen LogP contribution is -1.98. The minimum absolute atomic E-state index is 0.226. The van der Waals surface area contributed by atoms with E-state index in [2.05, 4.69) is 20.4 Å². The monoisotopic (exact) mass is 363 g/mol. The van der Waals surface area contributed by atoms with Gasteiger partial charge in [0.05, 0.1) is 11.4 Å². The third-order valence-electron chi connectivity index (χ3n) is 4.18. The van der Waals surface area contributed by atoms with Crippen molar-refractivity contribution in [1.29, 1.82) is 0 Å². The molecule has 26 heavy (non-hydrogen) atoms. The van der Waals surface area contributed by atoms with Crippen LogP contribution in [0.2, 0.25) is 0 Å². The number of nitrogens with one attached hydrogen (secondary N) is 2. The second-order valence-electron chi connectivity index (χ2n) is 5.76. The van der Waals surface area contributed by atoms with Gasteiger partial charge in [-0.05, 0) is 30.4 Å². The normalized spacial score (nSPS) is 12.5. The van der Waals surface area contributed by atoms with Crippen molar-refractivity contribution in [2.45, 2.75) is 0 Å². The first-order chi connectivity index (χ1) is 12.8. The van der Waals surface area contributed by atoms with Gasteiger partial charge in [0.15, 0.2) is 22.1 Å². The Morgan fingerprint density at radius 3 is 2.65 bits per heavy atom. The molecule has 3 heterocycles. The van der Waals surface area contributed by atoms with E-state index in [1.165, 1.54) is 0 Å². The highest BCUT2D eigenvalue weighted by molar-refractivity contribution is 7.71. The van der Waals surface area contributed by atoms with Crippen LogP contribution < -0.4 is 9.47 Å². The lowest BCUT2D eigenvalue weighted by molar-refractivity contribution is 0.174. The second-order valence-corrected chi connectivity index (χ2v) is 6.14. The molecular formula is C18H13N5O2S. The van der Waals surface area contributed by atoms with Crippen LogP contribution in [0, 0.1) is 4.77 Å². The average molecular weight is 363 g/mol. The van der Waals surface area contributed by atoms with Gasteiger partial charge in [0.1, 0.15) is 5.69 Å². The first-order valence-corrected chi connectivity index (χ1v) is 8.39. The van der Waals surface area contributed by atoms with Crippen molar-refractivity contribution in [3.8, 4) is 40.0 Å². The SMILES string of the molecule is S=c1[nH]nc(-c2cc(-c3ccccc3)n[nH]2)n1-c1ccc2c(c1)OCO2. The quantitative estimate of drug-likeness (QED) is 0.542. The Morgan fingerprint density at radius 1 is 0.923 bits per heavy atom. The molecule has 2 N–H and O–H groups in total. The van der Waals surface area contributed by atoms with Crippen LogP contribution in [0.25, 0.3) is 28.5 Å². The Bertz CT molecular complexity index is 1150. The number of fused-ring (bicyclic) bond motifs is 1. The lowest BCUT2D eigenvalue weighted by atomic mass is 10.1. The summed E-state index contributed by atoms with van der Waals surface area (Å²) < 4.78 is 13.1. The fourth-order valence-electron chi connectivity index (χ4n) is 2.93.